The fourth-order valence-electron chi connectivity index (χ4n) is 4.72. The molecule has 4 aromatic rings. The first-order valence-electron chi connectivity index (χ1n) is 13.2. The molecule has 0 aliphatic carbocycles. The molecule has 2 N–H and O–H groups in total. The van der Waals surface area contributed by atoms with Crippen LogP contribution in [0.4, 0.5) is 27.6 Å². The number of ether oxygens (including phenoxy) is 1. The smallest absolute Gasteiger partial charge is 0.379 e. The molecule has 2 aromatic heterocycles. The maximum Gasteiger partial charge on any atom is 0.379 e. The minimum atomic E-state index is -3.67. The summed E-state index contributed by atoms with van der Waals surface area (Å²) in [7, 11) is 0. The van der Waals surface area contributed by atoms with Gasteiger partial charge in [0.25, 0.3) is 5.91 Å². The molecule has 1 fully saturated rings. The first-order valence-corrected chi connectivity index (χ1v) is 13.2. The predicted molar refractivity (Wildman–Crippen MR) is 148 cm³/mol. The average molecular weight is 603 g/mol. The van der Waals surface area contributed by atoms with Crippen LogP contribution >= 0.6 is 0 Å². The van der Waals surface area contributed by atoms with Crippen LogP contribution in [0, 0.1) is 11.6 Å². The van der Waals surface area contributed by atoms with Gasteiger partial charge in [0, 0.05) is 55.6 Å². The third-order valence-electron chi connectivity index (χ3n) is 6.69. The molecule has 0 saturated carbocycles. The number of carboxylic acids is 1. The molecule has 1 atom stereocenters. The Balaban J connectivity index is 0.000000996. The zero-order valence-corrected chi connectivity index (χ0v) is 22.7. The maximum atomic E-state index is 14.8. The number of fused-ring (bicyclic) bond motifs is 1. The second-order valence-electron chi connectivity index (χ2n) is 9.55. The van der Waals surface area contributed by atoms with E-state index in [-0.39, 0.29) is 6.42 Å². The van der Waals surface area contributed by atoms with Gasteiger partial charge in [-0.15, -0.1) is 0 Å². The van der Waals surface area contributed by atoms with Gasteiger partial charge in [-0.05, 0) is 40.8 Å². The number of carbonyl (C=O) groups excluding carboxylic acids is 1. The van der Waals surface area contributed by atoms with Crippen LogP contribution in [0.15, 0.2) is 67.1 Å². The van der Waals surface area contributed by atoms with Crippen molar-refractivity contribution >= 4 is 28.3 Å². The molecule has 43 heavy (non-hydrogen) atoms. The first-order chi connectivity index (χ1) is 20.6. The van der Waals surface area contributed by atoms with Crippen molar-refractivity contribution in [3.05, 3.63) is 101 Å². The van der Waals surface area contributed by atoms with Crippen LogP contribution in [0.5, 0.6) is 0 Å². The molecule has 2 aromatic carbocycles. The average Bonchev–Trinajstić information content (AvgIpc) is 2.97. The number of aromatic nitrogens is 2. The number of alkyl halides is 3. The lowest BCUT2D eigenvalue weighted by Gasteiger charge is -2.29. The van der Waals surface area contributed by atoms with Crippen LogP contribution in [-0.4, -0.2) is 66.0 Å². The number of anilines is 1. The minimum Gasteiger partial charge on any atom is -0.480 e. The van der Waals surface area contributed by atoms with Crippen molar-refractivity contribution in [2.75, 3.05) is 31.2 Å². The summed E-state index contributed by atoms with van der Waals surface area (Å²) in [5, 5.41) is 14.0. The molecule has 1 aliphatic heterocycles. The van der Waals surface area contributed by atoms with Gasteiger partial charge in [-0.1, -0.05) is 24.3 Å². The standard InChI is InChI=1S/C29H26F2N4O4.CHF3/c30-23-15-21(35-8-10-39-11-9-35)16-24(31)27(23)28(36)34-26(29(37)38)14-19-3-1-2-18(12-19)13-25-22-17-32-6-4-20(22)5-7-33-25;2-1(3)4/h1-7,12,15-17,26H,8-11,13-14H2,(H,34,36)(H,37,38);1H. The quantitative estimate of drug-likeness (QED) is 0.276. The molecule has 3 heterocycles. The Labute approximate surface area is 243 Å². The molecule has 0 radical (unpaired) electrons. The Morgan fingerprint density at radius 1 is 0.977 bits per heavy atom. The normalized spacial score (nSPS) is 13.8. The van der Waals surface area contributed by atoms with Crippen LogP contribution < -0.4 is 10.2 Å². The maximum absolute atomic E-state index is 14.8. The van der Waals surface area contributed by atoms with Gasteiger partial charge in [-0.3, -0.25) is 14.8 Å². The number of aliphatic carboxylic acids is 1. The molecule has 1 amide bonds. The van der Waals surface area contributed by atoms with Crippen LogP contribution in [0.1, 0.15) is 27.2 Å². The Morgan fingerprint density at radius 2 is 1.63 bits per heavy atom. The minimum absolute atomic E-state index is 0.0749. The van der Waals surface area contributed by atoms with Gasteiger partial charge in [0.05, 0.1) is 18.9 Å². The molecular formula is C30H27F5N4O4. The Hall–Kier alpha value is -4.65. The van der Waals surface area contributed by atoms with Crippen molar-refractivity contribution in [2.45, 2.75) is 25.6 Å². The second kappa shape index (κ2) is 14.5. The van der Waals surface area contributed by atoms with E-state index in [9.17, 15) is 36.6 Å². The summed E-state index contributed by atoms with van der Waals surface area (Å²) in [6.07, 6.45) is 5.61. The number of benzene rings is 2. The van der Waals surface area contributed by atoms with Crippen molar-refractivity contribution in [1.82, 2.24) is 15.3 Å². The zero-order chi connectivity index (χ0) is 30.9. The Kier molecular flexibility index (Phi) is 10.5. The number of morpholine rings is 1. The van der Waals surface area contributed by atoms with Crippen LogP contribution in [0.3, 0.4) is 0 Å². The van der Waals surface area contributed by atoms with E-state index < -0.39 is 41.8 Å². The van der Waals surface area contributed by atoms with E-state index in [2.05, 4.69) is 15.3 Å². The van der Waals surface area contributed by atoms with Gasteiger partial charge >= 0.3 is 12.6 Å². The van der Waals surface area contributed by atoms with Crippen molar-refractivity contribution in [3.63, 3.8) is 0 Å². The van der Waals surface area contributed by atoms with Crippen molar-refractivity contribution < 1.29 is 41.4 Å². The highest BCUT2D eigenvalue weighted by Gasteiger charge is 2.26. The summed E-state index contributed by atoms with van der Waals surface area (Å²) in [4.78, 5) is 35.2. The molecule has 1 saturated heterocycles. The number of rotatable bonds is 8. The number of hydrogen-bond acceptors (Lipinski definition) is 6. The van der Waals surface area contributed by atoms with Gasteiger partial charge in [0.1, 0.15) is 23.2 Å². The number of pyridine rings is 2. The van der Waals surface area contributed by atoms with E-state index in [0.717, 1.165) is 34.2 Å². The SMILES string of the molecule is FC(F)F.O=C(NC(Cc1cccc(Cc2nccc3ccncc23)c1)C(=O)O)c1c(F)cc(N2CCOCC2)cc1F. The number of amides is 1. The lowest BCUT2D eigenvalue weighted by atomic mass is 9.99. The number of nitrogens with one attached hydrogen (secondary N) is 1. The molecule has 0 spiro atoms. The molecule has 0 bridgehead atoms. The van der Waals surface area contributed by atoms with E-state index in [4.69, 9.17) is 4.74 Å². The Morgan fingerprint density at radius 3 is 2.30 bits per heavy atom. The summed E-state index contributed by atoms with van der Waals surface area (Å²) in [6, 6.07) is 11.8. The van der Waals surface area contributed by atoms with Gasteiger partial charge in [0.15, 0.2) is 0 Å². The summed E-state index contributed by atoms with van der Waals surface area (Å²) in [6.45, 7) is -1.86. The molecule has 1 unspecified atom stereocenters. The molecule has 1 aliphatic rings. The Bertz CT molecular complexity index is 1550. The molecule has 226 valence electrons. The number of carbonyl (C=O) groups is 2. The monoisotopic (exact) mass is 602 g/mol. The topological polar surface area (TPSA) is 105 Å². The molecule has 5 rings (SSSR count). The largest absolute Gasteiger partial charge is 0.480 e. The van der Waals surface area contributed by atoms with E-state index in [0.29, 0.717) is 44.0 Å². The van der Waals surface area contributed by atoms with Crippen LogP contribution in [-0.2, 0) is 22.4 Å². The highest BCUT2D eigenvalue weighted by Crippen LogP contribution is 2.24. The molecular weight excluding hydrogens is 575 g/mol. The fourth-order valence-corrected chi connectivity index (χ4v) is 4.72. The van der Waals surface area contributed by atoms with Crippen molar-refractivity contribution in [2.24, 2.45) is 0 Å². The molecule has 8 nitrogen and oxygen atoms in total. The van der Waals surface area contributed by atoms with Crippen molar-refractivity contribution in [1.29, 1.82) is 0 Å². The van der Waals surface area contributed by atoms with Crippen LogP contribution in [0.25, 0.3) is 10.8 Å². The highest BCUT2D eigenvalue weighted by atomic mass is 19.4. The number of hydrogen-bond donors (Lipinski definition) is 2. The van der Waals surface area contributed by atoms with Gasteiger partial charge in [0.2, 0.25) is 0 Å². The van der Waals surface area contributed by atoms with Crippen LogP contribution in [0.2, 0.25) is 0 Å². The highest BCUT2D eigenvalue weighted by molar-refractivity contribution is 5.97. The third kappa shape index (κ3) is 8.44. The van der Waals surface area contributed by atoms with Gasteiger partial charge in [-0.25, -0.2) is 13.6 Å². The summed E-state index contributed by atoms with van der Waals surface area (Å²) in [5.74, 6) is -4.56. The molecule has 13 heteroatoms. The van der Waals surface area contributed by atoms with E-state index in [1.165, 1.54) is 0 Å². The van der Waals surface area contributed by atoms with E-state index in [1.807, 2.05) is 24.3 Å². The van der Waals surface area contributed by atoms with Crippen molar-refractivity contribution in [3.8, 4) is 0 Å². The summed E-state index contributed by atoms with van der Waals surface area (Å²) in [5.41, 5.74) is 1.84. The first kappa shape index (κ1) is 31.3. The fraction of sp³-hybridized carbons (Fsp3) is 0.267. The van der Waals surface area contributed by atoms with Gasteiger partial charge in [-0.2, -0.15) is 13.2 Å². The van der Waals surface area contributed by atoms with Gasteiger partial charge < -0.3 is 20.1 Å². The number of carboxylic acid groups (broad SMARTS) is 1. The van der Waals surface area contributed by atoms with E-state index >= 15 is 0 Å². The predicted octanol–water partition coefficient (Wildman–Crippen LogP) is 4.94. The van der Waals surface area contributed by atoms with E-state index in [1.54, 1.807) is 35.6 Å². The summed E-state index contributed by atoms with van der Waals surface area (Å²) < 4.78 is 64.0. The number of halogens is 5. The number of nitrogens with zero attached hydrogens (tertiary/aromatic N) is 3. The third-order valence-corrected chi connectivity index (χ3v) is 6.69. The zero-order valence-electron chi connectivity index (χ0n) is 22.7. The summed E-state index contributed by atoms with van der Waals surface area (Å²) >= 11 is 0. The second-order valence-corrected chi connectivity index (χ2v) is 9.55. The lowest BCUT2D eigenvalue weighted by Crippen LogP contribution is -2.43. The lowest BCUT2D eigenvalue weighted by molar-refractivity contribution is -0.139.